The van der Waals surface area contributed by atoms with E-state index in [0.29, 0.717) is 11.0 Å². The lowest BCUT2D eigenvalue weighted by atomic mass is 10.3. The van der Waals surface area contributed by atoms with E-state index < -0.39 is 5.97 Å². The zero-order chi connectivity index (χ0) is 13.0. The van der Waals surface area contributed by atoms with Crippen LogP contribution in [0.4, 0.5) is 11.6 Å². The zero-order valence-electron chi connectivity index (χ0n) is 9.55. The van der Waals surface area contributed by atoms with Crippen molar-refractivity contribution in [3.8, 4) is 0 Å². The molecule has 0 aliphatic carbocycles. The van der Waals surface area contributed by atoms with Crippen molar-refractivity contribution in [1.29, 1.82) is 0 Å². The third-order valence-electron chi connectivity index (χ3n) is 2.13. The topological polar surface area (TPSA) is 64.1 Å². The molecule has 2 rings (SSSR count). The summed E-state index contributed by atoms with van der Waals surface area (Å²) < 4.78 is 4.58. The van der Waals surface area contributed by atoms with Gasteiger partial charge in [0.1, 0.15) is 0 Å². The van der Waals surface area contributed by atoms with Gasteiger partial charge in [0.05, 0.1) is 7.11 Å². The quantitative estimate of drug-likeness (QED) is 0.863. The van der Waals surface area contributed by atoms with Crippen LogP contribution in [0.3, 0.4) is 0 Å². The van der Waals surface area contributed by atoms with Crippen molar-refractivity contribution < 1.29 is 9.53 Å². The van der Waals surface area contributed by atoms with Gasteiger partial charge in [0, 0.05) is 16.9 Å². The molecule has 0 radical (unpaired) electrons. The number of ether oxygens (including phenoxy) is 1. The van der Waals surface area contributed by atoms with E-state index in [1.807, 2.05) is 6.07 Å². The van der Waals surface area contributed by atoms with Crippen molar-refractivity contribution in [2.24, 2.45) is 0 Å². The van der Waals surface area contributed by atoms with Crippen molar-refractivity contribution in [3.63, 3.8) is 0 Å². The first kappa shape index (κ1) is 12.3. The number of hydrogen-bond acceptors (Lipinski definition) is 5. The maximum atomic E-state index is 11.3. The number of rotatable bonds is 3. The molecule has 0 saturated carbocycles. The van der Waals surface area contributed by atoms with E-state index in [9.17, 15) is 4.79 Å². The van der Waals surface area contributed by atoms with Crippen molar-refractivity contribution in [1.82, 2.24) is 9.97 Å². The minimum atomic E-state index is -0.508. The van der Waals surface area contributed by atoms with Crippen LogP contribution in [0.2, 0.25) is 5.02 Å². The van der Waals surface area contributed by atoms with E-state index in [1.165, 1.54) is 19.4 Å². The van der Waals surface area contributed by atoms with Crippen molar-refractivity contribution >= 4 is 29.2 Å². The van der Waals surface area contributed by atoms with Gasteiger partial charge in [-0.05, 0) is 24.3 Å². The molecule has 1 heterocycles. The summed E-state index contributed by atoms with van der Waals surface area (Å²) in [5.41, 5.74) is 0.932. The molecule has 0 saturated heterocycles. The van der Waals surface area contributed by atoms with Crippen LogP contribution in [0, 0.1) is 0 Å². The van der Waals surface area contributed by atoms with Crippen LogP contribution in [-0.2, 0) is 4.74 Å². The van der Waals surface area contributed by atoms with Gasteiger partial charge in [-0.1, -0.05) is 17.7 Å². The van der Waals surface area contributed by atoms with Crippen molar-refractivity contribution in [2.45, 2.75) is 0 Å². The lowest BCUT2D eigenvalue weighted by Gasteiger charge is -2.05. The van der Waals surface area contributed by atoms with Gasteiger partial charge in [0.25, 0.3) is 0 Å². The number of aromatic nitrogens is 2. The average molecular weight is 264 g/mol. The Bertz CT molecular complexity index is 575. The van der Waals surface area contributed by atoms with Crippen LogP contribution < -0.4 is 5.32 Å². The molecule has 0 atom stereocenters. The van der Waals surface area contributed by atoms with E-state index in [-0.39, 0.29) is 5.69 Å². The molecule has 1 N–H and O–H groups in total. The van der Waals surface area contributed by atoms with E-state index in [0.717, 1.165) is 5.69 Å². The van der Waals surface area contributed by atoms with Crippen molar-refractivity contribution in [3.05, 3.63) is 47.2 Å². The molecule has 0 bridgehead atoms. The molecule has 0 aliphatic heterocycles. The van der Waals surface area contributed by atoms with Gasteiger partial charge in [-0.15, -0.1) is 0 Å². The fourth-order valence-corrected chi connectivity index (χ4v) is 1.52. The normalized spacial score (nSPS) is 9.89. The third-order valence-corrected chi connectivity index (χ3v) is 2.37. The van der Waals surface area contributed by atoms with Crippen LogP contribution >= 0.6 is 11.6 Å². The Morgan fingerprint density at radius 3 is 2.94 bits per heavy atom. The van der Waals surface area contributed by atoms with Crippen LogP contribution in [0.25, 0.3) is 0 Å². The molecule has 0 unspecified atom stereocenters. The number of esters is 1. The Kier molecular flexibility index (Phi) is 3.74. The van der Waals surface area contributed by atoms with Crippen LogP contribution in [-0.4, -0.2) is 23.0 Å². The number of anilines is 2. The highest BCUT2D eigenvalue weighted by Crippen LogP contribution is 2.17. The molecule has 2 aromatic rings. The molecule has 6 heteroatoms. The highest BCUT2D eigenvalue weighted by atomic mass is 35.5. The Hall–Kier alpha value is -2.14. The van der Waals surface area contributed by atoms with Crippen LogP contribution in [0.5, 0.6) is 0 Å². The Morgan fingerprint density at radius 1 is 1.39 bits per heavy atom. The number of nitrogens with zero attached hydrogens (tertiary/aromatic N) is 2. The Balaban J connectivity index is 2.22. The fourth-order valence-electron chi connectivity index (χ4n) is 1.33. The second-order valence-electron chi connectivity index (χ2n) is 3.39. The molecular formula is C12H10ClN3O2. The number of benzene rings is 1. The number of nitrogens with one attached hydrogen (secondary N) is 1. The first-order valence-corrected chi connectivity index (χ1v) is 5.51. The van der Waals surface area contributed by atoms with Gasteiger partial charge in [-0.25, -0.2) is 14.8 Å². The maximum absolute atomic E-state index is 11.3. The summed E-state index contributed by atoms with van der Waals surface area (Å²) >= 11 is 5.86. The maximum Gasteiger partial charge on any atom is 0.356 e. The monoisotopic (exact) mass is 263 g/mol. The van der Waals surface area contributed by atoms with Gasteiger partial charge >= 0.3 is 5.97 Å². The second kappa shape index (κ2) is 5.46. The molecule has 0 amide bonds. The van der Waals surface area contributed by atoms with Gasteiger partial charge < -0.3 is 10.1 Å². The van der Waals surface area contributed by atoms with E-state index in [4.69, 9.17) is 11.6 Å². The number of hydrogen-bond donors (Lipinski definition) is 1. The van der Waals surface area contributed by atoms with Crippen LogP contribution in [0.15, 0.2) is 36.5 Å². The number of carbonyl (C=O) groups is 1. The molecule has 92 valence electrons. The standard InChI is InChI=1S/C12H10ClN3O2/c1-18-11(17)10-5-6-14-12(16-10)15-9-4-2-3-8(13)7-9/h2-7H,1H3,(H,14,15,16). The molecule has 0 fully saturated rings. The molecule has 5 nitrogen and oxygen atoms in total. The van der Waals surface area contributed by atoms with Gasteiger partial charge in [-0.3, -0.25) is 0 Å². The van der Waals surface area contributed by atoms with Gasteiger partial charge in [0.15, 0.2) is 5.69 Å². The number of methoxy groups -OCH3 is 1. The molecule has 1 aromatic heterocycles. The smallest absolute Gasteiger partial charge is 0.356 e. The predicted octanol–water partition coefficient (Wildman–Crippen LogP) is 2.66. The largest absolute Gasteiger partial charge is 0.464 e. The molecule has 0 spiro atoms. The summed E-state index contributed by atoms with van der Waals surface area (Å²) in [6.07, 6.45) is 1.48. The second-order valence-corrected chi connectivity index (χ2v) is 3.83. The molecule has 18 heavy (non-hydrogen) atoms. The van der Waals surface area contributed by atoms with Crippen LogP contribution in [0.1, 0.15) is 10.5 Å². The van der Waals surface area contributed by atoms with E-state index in [1.54, 1.807) is 18.2 Å². The summed E-state index contributed by atoms with van der Waals surface area (Å²) in [4.78, 5) is 19.3. The number of carbonyl (C=O) groups excluding carboxylic acids is 1. The number of halogens is 1. The lowest BCUT2D eigenvalue weighted by molar-refractivity contribution is 0.0594. The van der Waals surface area contributed by atoms with Crippen molar-refractivity contribution in [2.75, 3.05) is 12.4 Å². The van der Waals surface area contributed by atoms with E-state index >= 15 is 0 Å². The summed E-state index contributed by atoms with van der Waals surface area (Å²) in [5.74, 6) is -0.202. The molecule has 1 aromatic carbocycles. The summed E-state index contributed by atoms with van der Waals surface area (Å²) in [6, 6.07) is 8.60. The lowest BCUT2D eigenvalue weighted by Crippen LogP contribution is -2.07. The highest BCUT2D eigenvalue weighted by molar-refractivity contribution is 6.30. The molecule has 0 aliphatic rings. The fraction of sp³-hybridized carbons (Fsp3) is 0.0833. The third kappa shape index (κ3) is 2.95. The summed E-state index contributed by atoms with van der Waals surface area (Å²) in [7, 11) is 1.30. The van der Waals surface area contributed by atoms with Gasteiger partial charge in [-0.2, -0.15) is 0 Å². The average Bonchev–Trinajstić information content (AvgIpc) is 2.38. The zero-order valence-corrected chi connectivity index (χ0v) is 10.3. The Morgan fingerprint density at radius 2 is 2.22 bits per heavy atom. The first-order chi connectivity index (χ1) is 8.69. The minimum absolute atomic E-state index is 0.192. The first-order valence-electron chi connectivity index (χ1n) is 5.13. The van der Waals surface area contributed by atoms with Gasteiger partial charge in [0.2, 0.25) is 5.95 Å². The molecular weight excluding hydrogens is 254 g/mol. The minimum Gasteiger partial charge on any atom is -0.464 e. The Labute approximate surface area is 109 Å². The SMILES string of the molecule is COC(=O)c1ccnc(Nc2cccc(Cl)c2)n1. The van der Waals surface area contributed by atoms with E-state index in [2.05, 4.69) is 20.0 Å². The summed E-state index contributed by atoms with van der Waals surface area (Å²) in [6.45, 7) is 0. The highest BCUT2D eigenvalue weighted by Gasteiger charge is 2.08. The predicted molar refractivity (Wildman–Crippen MR) is 68.1 cm³/mol. The summed E-state index contributed by atoms with van der Waals surface area (Å²) in [5, 5.41) is 3.55.